The number of hydrogen-bond donors (Lipinski definition) is 1. The Morgan fingerprint density at radius 1 is 0.828 bits per heavy atom. The maximum absolute atomic E-state index is 11.5. The summed E-state index contributed by atoms with van der Waals surface area (Å²) in [6, 6.07) is 0. The lowest BCUT2D eigenvalue weighted by atomic mass is 10.2. The minimum atomic E-state index is -0.304. The summed E-state index contributed by atoms with van der Waals surface area (Å²) in [5, 5.41) is 2.87. The van der Waals surface area contributed by atoms with Crippen LogP contribution in [0.5, 0.6) is 0 Å². The number of carbonyl (C=O) groups excluding carboxylic acids is 3. The molecule has 0 fully saturated rings. The standard InChI is InChI=1S/C20H34N2O7/c1-2-3-4-8-21-18(23)7-10-26-12-14-28-16-17-29-15-13-27-11-9-22-19(24)5-6-20(22)25/h5-6H,2-4,7-17H2,1H3,(H,21,23). The summed E-state index contributed by atoms with van der Waals surface area (Å²) >= 11 is 0. The topological polar surface area (TPSA) is 103 Å². The second-order valence-corrected chi connectivity index (χ2v) is 6.42. The zero-order chi connectivity index (χ0) is 21.2. The van der Waals surface area contributed by atoms with Crippen LogP contribution in [0.2, 0.25) is 0 Å². The Morgan fingerprint density at radius 3 is 1.90 bits per heavy atom. The summed E-state index contributed by atoms with van der Waals surface area (Å²) in [5.41, 5.74) is 0. The second kappa shape index (κ2) is 17.1. The van der Waals surface area contributed by atoms with Crippen molar-refractivity contribution in [3.05, 3.63) is 12.2 Å². The highest BCUT2D eigenvalue weighted by Gasteiger charge is 2.22. The van der Waals surface area contributed by atoms with E-state index in [1.54, 1.807) is 0 Å². The molecule has 29 heavy (non-hydrogen) atoms. The molecule has 0 atom stereocenters. The highest BCUT2D eigenvalue weighted by molar-refractivity contribution is 6.12. The zero-order valence-electron chi connectivity index (χ0n) is 17.4. The van der Waals surface area contributed by atoms with Gasteiger partial charge in [0.1, 0.15) is 0 Å². The van der Waals surface area contributed by atoms with Gasteiger partial charge in [-0.1, -0.05) is 19.8 Å². The van der Waals surface area contributed by atoms with Crippen LogP contribution >= 0.6 is 0 Å². The molecule has 1 heterocycles. The monoisotopic (exact) mass is 414 g/mol. The molecule has 0 saturated heterocycles. The van der Waals surface area contributed by atoms with E-state index in [0.29, 0.717) is 52.7 Å². The van der Waals surface area contributed by atoms with E-state index >= 15 is 0 Å². The minimum Gasteiger partial charge on any atom is -0.379 e. The number of nitrogens with one attached hydrogen (secondary N) is 1. The summed E-state index contributed by atoms with van der Waals surface area (Å²) in [5.74, 6) is -0.587. The Kier molecular flexibility index (Phi) is 14.9. The fourth-order valence-electron chi connectivity index (χ4n) is 2.43. The molecule has 0 spiro atoms. The largest absolute Gasteiger partial charge is 0.379 e. The van der Waals surface area contributed by atoms with Gasteiger partial charge >= 0.3 is 0 Å². The Hall–Kier alpha value is -1.81. The highest BCUT2D eigenvalue weighted by Crippen LogP contribution is 2.02. The number of amides is 3. The number of nitrogens with zero attached hydrogens (tertiary/aromatic N) is 1. The van der Waals surface area contributed by atoms with Gasteiger partial charge in [-0.05, 0) is 6.42 Å². The van der Waals surface area contributed by atoms with E-state index < -0.39 is 0 Å². The molecule has 1 rings (SSSR count). The van der Waals surface area contributed by atoms with E-state index in [9.17, 15) is 14.4 Å². The number of unbranched alkanes of at least 4 members (excludes halogenated alkanes) is 2. The summed E-state index contributed by atoms with van der Waals surface area (Å²) in [4.78, 5) is 35.3. The van der Waals surface area contributed by atoms with Gasteiger partial charge in [0.15, 0.2) is 0 Å². The van der Waals surface area contributed by atoms with Gasteiger partial charge in [-0.2, -0.15) is 0 Å². The fraction of sp³-hybridized carbons (Fsp3) is 0.750. The van der Waals surface area contributed by atoms with Crippen molar-refractivity contribution in [1.82, 2.24) is 10.2 Å². The number of imide groups is 1. The van der Waals surface area contributed by atoms with Gasteiger partial charge in [0.2, 0.25) is 5.91 Å². The fourth-order valence-corrected chi connectivity index (χ4v) is 2.43. The average Bonchev–Trinajstić information content (AvgIpc) is 3.03. The first kappa shape index (κ1) is 25.2. The van der Waals surface area contributed by atoms with Gasteiger partial charge in [0.05, 0.1) is 59.4 Å². The highest BCUT2D eigenvalue weighted by atomic mass is 16.6. The van der Waals surface area contributed by atoms with Crippen LogP contribution in [0, 0.1) is 0 Å². The van der Waals surface area contributed by atoms with Crippen molar-refractivity contribution in [3.63, 3.8) is 0 Å². The molecule has 9 heteroatoms. The van der Waals surface area contributed by atoms with Crippen molar-refractivity contribution in [2.75, 3.05) is 65.9 Å². The van der Waals surface area contributed by atoms with E-state index in [0.717, 1.165) is 30.7 Å². The first-order valence-electron chi connectivity index (χ1n) is 10.3. The summed E-state index contributed by atoms with van der Waals surface area (Å²) in [7, 11) is 0. The van der Waals surface area contributed by atoms with E-state index in [2.05, 4.69) is 12.2 Å². The molecule has 166 valence electrons. The summed E-state index contributed by atoms with van der Waals surface area (Å²) in [6.45, 7) is 6.35. The molecule has 0 aliphatic carbocycles. The van der Waals surface area contributed by atoms with Gasteiger partial charge in [-0.15, -0.1) is 0 Å². The number of carbonyl (C=O) groups is 3. The molecule has 0 aromatic carbocycles. The molecule has 1 N–H and O–H groups in total. The van der Waals surface area contributed by atoms with Crippen molar-refractivity contribution < 1.29 is 33.3 Å². The Labute approximate surface area is 172 Å². The maximum atomic E-state index is 11.5. The van der Waals surface area contributed by atoms with Crippen LogP contribution < -0.4 is 5.32 Å². The average molecular weight is 414 g/mol. The molecule has 0 unspecified atom stereocenters. The van der Waals surface area contributed by atoms with Crippen molar-refractivity contribution in [2.45, 2.75) is 32.6 Å². The lowest BCUT2D eigenvalue weighted by Gasteiger charge is -2.13. The molecular formula is C20H34N2O7. The quantitative estimate of drug-likeness (QED) is 0.245. The summed E-state index contributed by atoms with van der Waals surface area (Å²) in [6.07, 6.45) is 6.16. The normalized spacial score (nSPS) is 13.5. The van der Waals surface area contributed by atoms with Crippen LogP contribution in [-0.2, 0) is 33.3 Å². The van der Waals surface area contributed by atoms with Crippen molar-refractivity contribution >= 4 is 17.7 Å². The predicted octanol–water partition coefficient (Wildman–Crippen LogP) is 0.674. The lowest BCUT2D eigenvalue weighted by molar-refractivity contribution is -0.137. The van der Waals surface area contributed by atoms with Crippen LogP contribution in [0.1, 0.15) is 32.6 Å². The van der Waals surface area contributed by atoms with Crippen LogP contribution in [0.15, 0.2) is 12.2 Å². The maximum Gasteiger partial charge on any atom is 0.253 e. The molecule has 0 saturated carbocycles. The third kappa shape index (κ3) is 13.1. The van der Waals surface area contributed by atoms with E-state index in [1.807, 2.05) is 0 Å². The second-order valence-electron chi connectivity index (χ2n) is 6.42. The number of ether oxygens (including phenoxy) is 4. The molecule has 0 aromatic heterocycles. The number of rotatable bonds is 19. The van der Waals surface area contributed by atoms with Crippen molar-refractivity contribution in [1.29, 1.82) is 0 Å². The van der Waals surface area contributed by atoms with Crippen molar-refractivity contribution in [2.24, 2.45) is 0 Å². The van der Waals surface area contributed by atoms with Gasteiger partial charge in [0.25, 0.3) is 11.8 Å². The molecule has 9 nitrogen and oxygen atoms in total. The summed E-state index contributed by atoms with van der Waals surface area (Å²) < 4.78 is 21.4. The van der Waals surface area contributed by atoms with E-state index in [4.69, 9.17) is 18.9 Å². The molecule has 0 radical (unpaired) electrons. The Bertz CT molecular complexity index is 493. The first-order chi connectivity index (χ1) is 14.1. The molecule has 0 aromatic rings. The third-order valence-electron chi connectivity index (χ3n) is 4.05. The smallest absolute Gasteiger partial charge is 0.253 e. The van der Waals surface area contributed by atoms with Gasteiger partial charge in [-0.25, -0.2) is 0 Å². The van der Waals surface area contributed by atoms with Gasteiger partial charge in [-0.3, -0.25) is 19.3 Å². The van der Waals surface area contributed by atoms with Crippen LogP contribution in [0.3, 0.4) is 0 Å². The first-order valence-corrected chi connectivity index (χ1v) is 10.3. The van der Waals surface area contributed by atoms with Crippen LogP contribution in [0.25, 0.3) is 0 Å². The van der Waals surface area contributed by atoms with Crippen LogP contribution in [0.4, 0.5) is 0 Å². The molecule has 0 bridgehead atoms. The molecular weight excluding hydrogens is 380 g/mol. The SMILES string of the molecule is CCCCCNC(=O)CCOCCOCCOCCOCCN1C(=O)C=CC1=O. The molecule has 1 aliphatic rings. The lowest BCUT2D eigenvalue weighted by Crippen LogP contribution is -2.33. The van der Waals surface area contributed by atoms with Crippen LogP contribution in [-0.4, -0.2) is 88.6 Å². The third-order valence-corrected chi connectivity index (χ3v) is 4.05. The Morgan fingerprint density at radius 2 is 1.34 bits per heavy atom. The van der Waals surface area contributed by atoms with E-state index in [-0.39, 0.29) is 30.9 Å². The zero-order valence-corrected chi connectivity index (χ0v) is 17.4. The van der Waals surface area contributed by atoms with Gasteiger partial charge < -0.3 is 24.3 Å². The van der Waals surface area contributed by atoms with E-state index in [1.165, 1.54) is 12.2 Å². The van der Waals surface area contributed by atoms with Gasteiger partial charge in [0, 0.05) is 25.1 Å². The number of hydrogen-bond acceptors (Lipinski definition) is 7. The van der Waals surface area contributed by atoms with Crippen molar-refractivity contribution in [3.8, 4) is 0 Å². The minimum absolute atomic E-state index is 0.0212. The molecule has 1 aliphatic heterocycles. The molecule has 3 amide bonds. The predicted molar refractivity (Wildman–Crippen MR) is 106 cm³/mol. The Balaban J connectivity index is 1.75.